The van der Waals surface area contributed by atoms with Crippen LogP contribution < -0.4 is 10.6 Å². The number of hydrogen-bond acceptors (Lipinski definition) is 3. The van der Waals surface area contributed by atoms with Gasteiger partial charge in [-0.2, -0.15) is 13.2 Å². The Kier molecular flexibility index (Phi) is 7.68. The number of para-hydroxylation sites is 1. The van der Waals surface area contributed by atoms with Crippen LogP contribution in [0, 0.1) is 5.92 Å². The van der Waals surface area contributed by atoms with E-state index in [1.807, 2.05) is 6.92 Å². The van der Waals surface area contributed by atoms with E-state index in [4.69, 9.17) is 0 Å². The lowest BCUT2D eigenvalue weighted by atomic mass is 10.0. The number of alkyl halides is 3. The van der Waals surface area contributed by atoms with E-state index in [1.54, 1.807) is 0 Å². The summed E-state index contributed by atoms with van der Waals surface area (Å²) >= 11 is 0. The lowest BCUT2D eigenvalue weighted by molar-refractivity contribution is -0.137. The van der Waals surface area contributed by atoms with Gasteiger partial charge >= 0.3 is 6.18 Å². The van der Waals surface area contributed by atoms with Gasteiger partial charge in [0.2, 0.25) is 5.91 Å². The number of anilines is 1. The Labute approximate surface area is 159 Å². The van der Waals surface area contributed by atoms with E-state index in [0.717, 1.165) is 25.7 Å². The SMILES string of the molecule is CC(CC(=O)Nc1ccccc1C(F)(F)F)NCC(C(C)C)N1CCCC1. The Morgan fingerprint density at radius 1 is 1.15 bits per heavy atom. The molecule has 1 aromatic carbocycles. The molecule has 1 aliphatic heterocycles. The molecular formula is C20H30F3N3O. The molecule has 0 saturated carbocycles. The van der Waals surface area contributed by atoms with Crippen LogP contribution in [0.4, 0.5) is 18.9 Å². The first-order valence-electron chi connectivity index (χ1n) is 9.62. The van der Waals surface area contributed by atoms with Crippen molar-refractivity contribution in [3.05, 3.63) is 29.8 Å². The summed E-state index contributed by atoms with van der Waals surface area (Å²) < 4.78 is 39.1. The topological polar surface area (TPSA) is 44.4 Å². The number of halogens is 3. The highest BCUT2D eigenvalue weighted by Gasteiger charge is 2.33. The fourth-order valence-electron chi connectivity index (χ4n) is 3.57. The van der Waals surface area contributed by atoms with E-state index in [-0.39, 0.29) is 18.2 Å². The van der Waals surface area contributed by atoms with Crippen molar-refractivity contribution in [2.75, 3.05) is 25.0 Å². The molecule has 2 atom stereocenters. The Bertz CT molecular complexity index is 613. The predicted molar refractivity (Wildman–Crippen MR) is 102 cm³/mol. The van der Waals surface area contributed by atoms with Crippen LogP contribution in [0.3, 0.4) is 0 Å². The van der Waals surface area contributed by atoms with Crippen molar-refractivity contribution < 1.29 is 18.0 Å². The molecule has 2 unspecified atom stereocenters. The summed E-state index contributed by atoms with van der Waals surface area (Å²) in [5, 5.41) is 5.78. The van der Waals surface area contributed by atoms with Gasteiger partial charge < -0.3 is 10.6 Å². The number of nitrogens with zero attached hydrogens (tertiary/aromatic N) is 1. The molecule has 0 bridgehead atoms. The highest BCUT2D eigenvalue weighted by molar-refractivity contribution is 5.92. The van der Waals surface area contributed by atoms with E-state index in [1.165, 1.54) is 31.0 Å². The third-order valence-electron chi connectivity index (χ3n) is 5.05. The molecular weight excluding hydrogens is 355 g/mol. The summed E-state index contributed by atoms with van der Waals surface area (Å²) in [5.74, 6) is 0.0734. The van der Waals surface area contributed by atoms with Gasteiger partial charge in [-0.3, -0.25) is 9.69 Å². The van der Waals surface area contributed by atoms with Crippen LogP contribution in [-0.2, 0) is 11.0 Å². The van der Waals surface area contributed by atoms with Crippen molar-refractivity contribution in [3.63, 3.8) is 0 Å². The van der Waals surface area contributed by atoms with Gasteiger partial charge in [-0.1, -0.05) is 26.0 Å². The number of nitrogens with one attached hydrogen (secondary N) is 2. The van der Waals surface area contributed by atoms with Gasteiger partial charge in [0, 0.05) is 25.0 Å². The first-order chi connectivity index (χ1) is 12.7. The van der Waals surface area contributed by atoms with Gasteiger partial charge in [-0.05, 0) is 50.9 Å². The Morgan fingerprint density at radius 3 is 2.37 bits per heavy atom. The van der Waals surface area contributed by atoms with E-state index in [9.17, 15) is 18.0 Å². The molecule has 0 aliphatic carbocycles. The molecule has 1 fully saturated rings. The molecule has 0 radical (unpaired) electrons. The normalized spacial score (nSPS) is 17.9. The summed E-state index contributed by atoms with van der Waals surface area (Å²) in [6, 6.07) is 5.33. The van der Waals surface area contributed by atoms with Crippen LogP contribution in [0.1, 0.15) is 45.6 Å². The lowest BCUT2D eigenvalue weighted by Crippen LogP contribution is -2.46. The zero-order chi connectivity index (χ0) is 20.0. The van der Waals surface area contributed by atoms with Gasteiger partial charge in [-0.15, -0.1) is 0 Å². The highest BCUT2D eigenvalue weighted by atomic mass is 19.4. The zero-order valence-corrected chi connectivity index (χ0v) is 16.3. The number of hydrogen-bond donors (Lipinski definition) is 2. The molecule has 152 valence electrons. The molecule has 1 amide bonds. The van der Waals surface area contributed by atoms with E-state index < -0.39 is 17.6 Å². The summed E-state index contributed by atoms with van der Waals surface area (Å²) in [6.45, 7) is 9.25. The largest absolute Gasteiger partial charge is 0.418 e. The monoisotopic (exact) mass is 385 g/mol. The van der Waals surface area contributed by atoms with Gasteiger partial charge in [0.05, 0.1) is 11.3 Å². The standard InChI is InChI=1S/C20H30F3N3O/c1-14(2)18(26-10-6-7-11-26)13-24-15(3)12-19(27)25-17-9-5-4-8-16(17)20(21,22)23/h4-5,8-9,14-15,18,24H,6-7,10-13H2,1-3H3,(H,25,27). The third kappa shape index (κ3) is 6.50. The van der Waals surface area contributed by atoms with Crippen molar-refractivity contribution in [3.8, 4) is 0 Å². The molecule has 1 aliphatic rings. The van der Waals surface area contributed by atoms with Crippen LogP contribution in [0.5, 0.6) is 0 Å². The average molecular weight is 385 g/mol. The maximum atomic E-state index is 13.0. The summed E-state index contributed by atoms with van der Waals surface area (Å²) in [5.41, 5.74) is -1.02. The Balaban J connectivity index is 1.87. The maximum absolute atomic E-state index is 13.0. The molecule has 7 heteroatoms. The molecule has 1 aromatic rings. The number of amides is 1. The Hall–Kier alpha value is -1.60. The molecule has 1 saturated heterocycles. The second kappa shape index (κ2) is 9.55. The van der Waals surface area contributed by atoms with Crippen LogP contribution in [0.25, 0.3) is 0 Å². The smallest absolute Gasteiger partial charge is 0.325 e. The summed E-state index contributed by atoms with van der Waals surface area (Å²) in [6.07, 6.45) is -1.93. The van der Waals surface area contributed by atoms with E-state index in [2.05, 4.69) is 29.4 Å². The molecule has 2 rings (SSSR count). The maximum Gasteiger partial charge on any atom is 0.418 e. The van der Waals surface area contributed by atoms with E-state index >= 15 is 0 Å². The van der Waals surface area contributed by atoms with E-state index in [0.29, 0.717) is 12.0 Å². The first-order valence-corrected chi connectivity index (χ1v) is 9.62. The van der Waals surface area contributed by atoms with Gasteiger partial charge in [-0.25, -0.2) is 0 Å². The number of likely N-dealkylation sites (tertiary alicyclic amines) is 1. The first kappa shape index (κ1) is 21.7. The fourth-order valence-corrected chi connectivity index (χ4v) is 3.57. The molecule has 2 N–H and O–H groups in total. The average Bonchev–Trinajstić information content (AvgIpc) is 3.08. The lowest BCUT2D eigenvalue weighted by Gasteiger charge is -2.32. The number of rotatable bonds is 8. The quantitative estimate of drug-likeness (QED) is 0.707. The minimum absolute atomic E-state index is 0.119. The van der Waals surface area contributed by atoms with Gasteiger partial charge in [0.25, 0.3) is 0 Å². The zero-order valence-electron chi connectivity index (χ0n) is 16.3. The third-order valence-corrected chi connectivity index (χ3v) is 5.05. The molecule has 0 spiro atoms. The highest BCUT2D eigenvalue weighted by Crippen LogP contribution is 2.34. The molecule has 4 nitrogen and oxygen atoms in total. The second-order valence-corrected chi connectivity index (χ2v) is 7.66. The minimum atomic E-state index is -4.49. The number of carbonyl (C=O) groups excluding carboxylic acids is 1. The van der Waals surface area contributed by atoms with Crippen LogP contribution >= 0.6 is 0 Å². The van der Waals surface area contributed by atoms with Crippen LogP contribution in [0.2, 0.25) is 0 Å². The predicted octanol–water partition coefficient (Wildman–Crippen LogP) is 4.13. The van der Waals surface area contributed by atoms with Crippen molar-refractivity contribution in [2.24, 2.45) is 5.92 Å². The molecule has 0 aromatic heterocycles. The van der Waals surface area contributed by atoms with Crippen molar-refractivity contribution in [2.45, 2.75) is 58.3 Å². The van der Waals surface area contributed by atoms with Gasteiger partial charge in [0.1, 0.15) is 0 Å². The van der Waals surface area contributed by atoms with Crippen LogP contribution in [-0.4, -0.2) is 42.5 Å². The fraction of sp³-hybridized carbons (Fsp3) is 0.650. The Morgan fingerprint density at radius 2 is 1.78 bits per heavy atom. The molecule has 1 heterocycles. The van der Waals surface area contributed by atoms with Crippen molar-refractivity contribution in [1.29, 1.82) is 0 Å². The number of benzene rings is 1. The van der Waals surface area contributed by atoms with Crippen molar-refractivity contribution in [1.82, 2.24) is 10.2 Å². The second-order valence-electron chi connectivity index (χ2n) is 7.66. The van der Waals surface area contributed by atoms with Crippen molar-refractivity contribution >= 4 is 11.6 Å². The minimum Gasteiger partial charge on any atom is -0.325 e. The summed E-state index contributed by atoms with van der Waals surface area (Å²) in [4.78, 5) is 14.7. The van der Waals surface area contributed by atoms with Crippen LogP contribution in [0.15, 0.2) is 24.3 Å². The summed E-state index contributed by atoms with van der Waals surface area (Å²) in [7, 11) is 0. The van der Waals surface area contributed by atoms with Gasteiger partial charge in [0.15, 0.2) is 0 Å². The number of carbonyl (C=O) groups is 1. The molecule has 27 heavy (non-hydrogen) atoms.